The quantitative estimate of drug-likeness (QED) is 0.0262. The second-order valence-corrected chi connectivity index (χ2v) is 18.5. The number of carbonyl (C=O) groups excluding carboxylic acids is 3. The van der Waals surface area contributed by atoms with E-state index in [1.165, 1.54) is 96.3 Å². The van der Waals surface area contributed by atoms with Gasteiger partial charge in [0.1, 0.15) is 13.2 Å². The Morgan fingerprint density at radius 3 is 0.943 bits per heavy atom. The Hall–Kier alpha value is -4.19. The molecule has 0 aromatic carbocycles. The van der Waals surface area contributed by atoms with Gasteiger partial charge < -0.3 is 14.2 Å². The van der Waals surface area contributed by atoms with Gasteiger partial charge in [-0.1, -0.05) is 258 Å². The van der Waals surface area contributed by atoms with Crippen LogP contribution in [-0.4, -0.2) is 37.2 Å². The van der Waals surface area contributed by atoms with E-state index in [4.69, 9.17) is 14.2 Å². The van der Waals surface area contributed by atoms with Crippen LogP contribution in [0.5, 0.6) is 0 Å². The highest BCUT2D eigenvalue weighted by atomic mass is 16.6. The minimum Gasteiger partial charge on any atom is -0.462 e. The standard InChI is InChI=1S/C64H104O6/c1-4-7-10-13-16-19-22-25-28-29-30-31-32-33-34-35-37-39-42-45-48-51-54-57-63(66)69-60-61(59-68-62(65)56-53-50-47-44-41-38-27-24-21-18-15-12-9-6-3)70-64(67)58-55-52-49-46-43-40-36-26-23-20-17-14-11-8-5-2/h7-8,10-11,16-17,19-20,25-26,28,30-31,33-34,36,43,46,52,55,61H,4-6,9,12-15,18,21-24,27,29,32,35,37-42,44-45,47-51,53-54,56-60H2,1-3H3/b10-7-,11-8-,19-16-,20-17-,28-25-,31-30-,34-33-,36-26-,46-43-,55-52-. The third-order valence-corrected chi connectivity index (χ3v) is 11.7. The largest absolute Gasteiger partial charge is 0.462 e. The molecule has 0 N–H and O–H groups in total. The zero-order chi connectivity index (χ0) is 50.7. The fourth-order valence-corrected chi connectivity index (χ4v) is 7.54. The molecule has 0 fully saturated rings. The SMILES string of the molecule is CC/C=C\C/C=C\C/C=C\C/C=C\C/C=C\CCCCCCCCCC(=O)OCC(COC(=O)CCCCCCCCCCCCCCCC)OC(=O)C/C=C\C/C=C\C/C=C\C/C=C\C/C=C\CC. The molecule has 6 nitrogen and oxygen atoms in total. The van der Waals surface area contributed by atoms with E-state index >= 15 is 0 Å². The summed E-state index contributed by atoms with van der Waals surface area (Å²) in [5.74, 6) is -1.06. The number of hydrogen-bond acceptors (Lipinski definition) is 6. The molecule has 0 aromatic heterocycles. The molecule has 70 heavy (non-hydrogen) atoms. The summed E-state index contributed by atoms with van der Waals surface area (Å²) >= 11 is 0. The van der Waals surface area contributed by atoms with E-state index in [1.54, 1.807) is 6.08 Å². The minimum absolute atomic E-state index is 0.0916. The van der Waals surface area contributed by atoms with Crippen molar-refractivity contribution in [2.24, 2.45) is 0 Å². The number of esters is 3. The van der Waals surface area contributed by atoms with Crippen LogP contribution in [0.4, 0.5) is 0 Å². The third-order valence-electron chi connectivity index (χ3n) is 11.7. The van der Waals surface area contributed by atoms with Gasteiger partial charge >= 0.3 is 17.9 Å². The van der Waals surface area contributed by atoms with Gasteiger partial charge in [-0.3, -0.25) is 14.4 Å². The highest BCUT2D eigenvalue weighted by molar-refractivity contribution is 5.72. The normalized spacial score (nSPS) is 13.0. The van der Waals surface area contributed by atoms with Gasteiger partial charge in [0.05, 0.1) is 6.42 Å². The predicted octanol–water partition coefficient (Wildman–Crippen LogP) is 19.3. The van der Waals surface area contributed by atoms with Crippen LogP contribution in [-0.2, 0) is 28.6 Å². The number of hydrogen-bond donors (Lipinski definition) is 0. The molecule has 0 saturated heterocycles. The van der Waals surface area contributed by atoms with Crippen LogP contribution in [0.2, 0.25) is 0 Å². The van der Waals surface area contributed by atoms with E-state index < -0.39 is 12.1 Å². The molecule has 0 heterocycles. The average Bonchev–Trinajstić information content (AvgIpc) is 3.36. The van der Waals surface area contributed by atoms with Gasteiger partial charge in [0.15, 0.2) is 6.10 Å². The zero-order valence-electron chi connectivity index (χ0n) is 45.2. The van der Waals surface area contributed by atoms with Crippen molar-refractivity contribution in [3.63, 3.8) is 0 Å². The van der Waals surface area contributed by atoms with Crippen molar-refractivity contribution in [2.75, 3.05) is 13.2 Å². The van der Waals surface area contributed by atoms with Crippen LogP contribution in [0.1, 0.15) is 245 Å². The highest BCUT2D eigenvalue weighted by Crippen LogP contribution is 2.15. The fraction of sp³-hybridized carbons (Fsp3) is 0.641. The third kappa shape index (κ3) is 54.7. The molecular weight excluding hydrogens is 865 g/mol. The Morgan fingerprint density at radius 1 is 0.314 bits per heavy atom. The molecular formula is C64H104O6. The molecule has 0 bridgehead atoms. The first-order valence-electron chi connectivity index (χ1n) is 28.5. The molecule has 0 aliphatic carbocycles. The summed E-state index contributed by atoms with van der Waals surface area (Å²) in [5, 5.41) is 0. The molecule has 6 heteroatoms. The number of ether oxygens (including phenoxy) is 3. The first kappa shape index (κ1) is 65.8. The number of allylic oxidation sites excluding steroid dienone is 19. The van der Waals surface area contributed by atoms with Crippen LogP contribution < -0.4 is 0 Å². The molecule has 0 saturated carbocycles. The van der Waals surface area contributed by atoms with Crippen molar-refractivity contribution in [1.82, 2.24) is 0 Å². The smallest absolute Gasteiger partial charge is 0.310 e. The summed E-state index contributed by atoms with van der Waals surface area (Å²) < 4.78 is 16.7. The molecule has 0 aliphatic heterocycles. The molecule has 0 radical (unpaired) electrons. The summed E-state index contributed by atoms with van der Waals surface area (Å²) in [4.78, 5) is 38.1. The van der Waals surface area contributed by atoms with E-state index in [0.717, 1.165) is 103 Å². The molecule has 0 aliphatic rings. The van der Waals surface area contributed by atoms with Crippen LogP contribution >= 0.6 is 0 Å². The summed E-state index contributed by atoms with van der Waals surface area (Å²) in [7, 11) is 0. The van der Waals surface area contributed by atoms with Crippen molar-refractivity contribution < 1.29 is 28.6 Å². The van der Waals surface area contributed by atoms with Crippen molar-refractivity contribution in [2.45, 2.75) is 252 Å². The Kier molecular flexibility index (Phi) is 54.0. The fourth-order valence-electron chi connectivity index (χ4n) is 7.54. The maximum absolute atomic E-state index is 12.8. The average molecular weight is 970 g/mol. The van der Waals surface area contributed by atoms with Crippen molar-refractivity contribution in [1.29, 1.82) is 0 Å². The van der Waals surface area contributed by atoms with Crippen LogP contribution in [0.3, 0.4) is 0 Å². The van der Waals surface area contributed by atoms with E-state index in [0.29, 0.717) is 19.3 Å². The molecule has 1 unspecified atom stereocenters. The summed E-state index contributed by atoms with van der Waals surface area (Å²) in [5.41, 5.74) is 0. The Bertz CT molecular complexity index is 1490. The van der Waals surface area contributed by atoms with Gasteiger partial charge in [-0.05, 0) is 89.9 Å². The molecule has 0 spiro atoms. The molecule has 0 rings (SSSR count). The molecule has 1 atom stereocenters. The van der Waals surface area contributed by atoms with Gasteiger partial charge in [-0.25, -0.2) is 0 Å². The molecule has 0 aromatic rings. The highest BCUT2D eigenvalue weighted by Gasteiger charge is 2.19. The second kappa shape index (κ2) is 57.4. The van der Waals surface area contributed by atoms with Gasteiger partial charge in [0.25, 0.3) is 0 Å². The first-order valence-corrected chi connectivity index (χ1v) is 28.5. The Labute approximate surface area is 431 Å². The lowest BCUT2D eigenvalue weighted by Crippen LogP contribution is -2.30. The Morgan fingerprint density at radius 2 is 0.600 bits per heavy atom. The van der Waals surface area contributed by atoms with Crippen molar-refractivity contribution in [3.05, 3.63) is 122 Å². The number of unbranched alkanes of at least 4 members (excludes halogenated alkanes) is 20. The van der Waals surface area contributed by atoms with Crippen LogP contribution in [0.25, 0.3) is 0 Å². The molecule has 0 amide bonds. The monoisotopic (exact) mass is 969 g/mol. The zero-order valence-corrected chi connectivity index (χ0v) is 45.2. The summed E-state index contributed by atoms with van der Waals surface area (Å²) in [6.07, 6.45) is 79.3. The van der Waals surface area contributed by atoms with Crippen molar-refractivity contribution in [3.8, 4) is 0 Å². The van der Waals surface area contributed by atoms with Gasteiger partial charge in [0.2, 0.25) is 0 Å². The van der Waals surface area contributed by atoms with Crippen LogP contribution in [0.15, 0.2) is 122 Å². The number of rotatable bonds is 50. The van der Waals surface area contributed by atoms with Gasteiger partial charge in [-0.15, -0.1) is 0 Å². The second-order valence-electron chi connectivity index (χ2n) is 18.5. The maximum atomic E-state index is 12.8. The minimum atomic E-state index is -0.839. The first-order chi connectivity index (χ1) is 34.5. The lowest BCUT2D eigenvalue weighted by molar-refractivity contribution is -0.166. The summed E-state index contributed by atoms with van der Waals surface area (Å²) in [6, 6.07) is 0. The van der Waals surface area contributed by atoms with E-state index in [2.05, 4.69) is 130 Å². The van der Waals surface area contributed by atoms with Crippen LogP contribution in [0, 0.1) is 0 Å². The predicted molar refractivity (Wildman–Crippen MR) is 302 cm³/mol. The van der Waals surface area contributed by atoms with Gasteiger partial charge in [-0.2, -0.15) is 0 Å². The van der Waals surface area contributed by atoms with Crippen molar-refractivity contribution >= 4 is 17.9 Å². The molecule has 396 valence electrons. The lowest BCUT2D eigenvalue weighted by atomic mass is 10.0. The maximum Gasteiger partial charge on any atom is 0.310 e. The lowest BCUT2D eigenvalue weighted by Gasteiger charge is -2.18. The van der Waals surface area contributed by atoms with E-state index in [1.807, 2.05) is 6.08 Å². The topological polar surface area (TPSA) is 78.9 Å². The Balaban J connectivity index is 4.47. The number of carbonyl (C=O) groups is 3. The van der Waals surface area contributed by atoms with E-state index in [-0.39, 0.29) is 31.6 Å². The summed E-state index contributed by atoms with van der Waals surface area (Å²) in [6.45, 7) is 6.32. The van der Waals surface area contributed by atoms with Gasteiger partial charge in [0, 0.05) is 12.8 Å². The van der Waals surface area contributed by atoms with E-state index in [9.17, 15) is 14.4 Å².